The molecule has 3 amide bonds. The molecule has 1 fully saturated rings. The molecule has 1 aromatic heterocycles. The minimum atomic E-state index is -0.656. The van der Waals surface area contributed by atoms with E-state index in [0.29, 0.717) is 30.1 Å². The third kappa shape index (κ3) is 7.36. The Kier molecular flexibility index (Phi) is 9.63. The van der Waals surface area contributed by atoms with Crippen LogP contribution in [0.4, 0.5) is 11.4 Å². The van der Waals surface area contributed by atoms with Gasteiger partial charge in [0.05, 0.1) is 15.3 Å². The molecule has 0 spiro atoms. The van der Waals surface area contributed by atoms with E-state index in [1.54, 1.807) is 17.0 Å². The van der Waals surface area contributed by atoms with Gasteiger partial charge in [-0.2, -0.15) is 0 Å². The molecule has 1 atom stereocenters. The molecule has 10 heteroatoms. The van der Waals surface area contributed by atoms with E-state index in [4.69, 9.17) is 4.74 Å². The fraction of sp³-hybridized carbons (Fsp3) is 0.458. The Morgan fingerprint density at radius 1 is 1.24 bits per heavy atom. The number of amides is 3. The number of benzene rings is 1. The molecule has 8 nitrogen and oxygen atoms in total. The number of nitrogens with one attached hydrogen (secondary N) is 2. The van der Waals surface area contributed by atoms with E-state index in [1.165, 1.54) is 11.3 Å². The van der Waals surface area contributed by atoms with Gasteiger partial charge in [0, 0.05) is 17.9 Å². The van der Waals surface area contributed by atoms with Gasteiger partial charge >= 0.3 is 0 Å². The second kappa shape index (κ2) is 12.4. The van der Waals surface area contributed by atoms with E-state index in [9.17, 15) is 14.4 Å². The van der Waals surface area contributed by atoms with Gasteiger partial charge in [0.1, 0.15) is 12.6 Å². The number of unbranched alkanes of at least 4 members (excludes halogenated alkanes) is 1. The van der Waals surface area contributed by atoms with E-state index in [2.05, 4.69) is 31.5 Å². The van der Waals surface area contributed by atoms with E-state index in [0.717, 1.165) is 34.4 Å². The van der Waals surface area contributed by atoms with Gasteiger partial charge in [-0.25, -0.2) is 0 Å². The minimum Gasteiger partial charge on any atom is -0.370 e. The van der Waals surface area contributed by atoms with Crippen LogP contribution in [0.1, 0.15) is 34.5 Å². The van der Waals surface area contributed by atoms with Crippen LogP contribution in [0.5, 0.6) is 0 Å². The van der Waals surface area contributed by atoms with Gasteiger partial charge in [0.15, 0.2) is 0 Å². The summed E-state index contributed by atoms with van der Waals surface area (Å²) in [4.78, 5) is 42.4. The highest BCUT2D eigenvalue weighted by Gasteiger charge is 2.24. The van der Waals surface area contributed by atoms with Crippen LogP contribution in [-0.4, -0.2) is 69.1 Å². The first-order valence-corrected chi connectivity index (χ1v) is 12.9. The summed E-state index contributed by atoms with van der Waals surface area (Å²) in [5.41, 5.74) is 2.31. The highest BCUT2D eigenvalue weighted by Crippen LogP contribution is 2.25. The third-order valence-corrected chi connectivity index (χ3v) is 7.13. The summed E-state index contributed by atoms with van der Waals surface area (Å²) in [6.45, 7) is 3.91. The lowest BCUT2D eigenvalue weighted by Gasteiger charge is -2.28. The van der Waals surface area contributed by atoms with Crippen molar-refractivity contribution in [3.63, 3.8) is 0 Å². The van der Waals surface area contributed by atoms with Gasteiger partial charge in [-0.1, -0.05) is 0 Å². The normalized spacial score (nSPS) is 14.9. The Balaban J connectivity index is 1.68. The third-order valence-electron chi connectivity index (χ3n) is 5.51. The molecule has 2 N–H and O–H groups in total. The molecule has 0 bridgehead atoms. The number of hydrogen-bond donors (Lipinski definition) is 2. The maximum atomic E-state index is 13.1. The molecule has 1 aliphatic heterocycles. The average Bonchev–Trinajstić information content (AvgIpc) is 3.23. The smallest absolute Gasteiger partial charge is 0.262 e. The summed E-state index contributed by atoms with van der Waals surface area (Å²) in [6.07, 6.45) is 2.28. The fourth-order valence-corrected chi connectivity index (χ4v) is 5.04. The minimum absolute atomic E-state index is 0.0770. The number of rotatable bonds is 10. The maximum Gasteiger partial charge on any atom is 0.262 e. The van der Waals surface area contributed by atoms with Crippen molar-refractivity contribution >= 4 is 56.4 Å². The molecule has 2 heterocycles. The Morgan fingerprint density at radius 3 is 2.68 bits per heavy atom. The van der Waals surface area contributed by atoms with Crippen molar-refractivity contribution in [2.75, 3.05) is 50.6 Å². The molecule has 0 aliphatic carbocycles. The number of aryl methyl sites for hydroxylation is 1. The Hall–Kier alpha value is -2.27. The fourth-order valence-electron chi connectivity index (χ4n) is 3.75. The van der Waals surface area contributed by atoms with Crippen LogP contribution >= 0.6 is 27.3 Å². The monoisotopic (exact) mass is 550 g/mol. The first kappa shape index (κ1) is 26.3. The van der Waals surface area contributed by atoms with Gasteiger partial charge in [0.25, 0.3) is 11.8 Å². The number of thiophene rings is 1. The molecule has 1 saturated heterocycles. The largest absolute Gasteiger partial charge is 0.370 e. The predicted octanol–water partition coefficient (Wildman–Crippen LogP) is 3.65. The second-order valence-electron chi connectivity index (χ2n) is 8.52. The van der Waals surface area contributed by atoms with E-state index < -0.39 is 6.04 Å². The number of ether oxygens (including phenoxy) is 1. The SMILES string of the molecule is Cc1cc(NC(=O)C(CCCCN(C)C)NC(=O)c2ccc(Br)s2)ccc1N1CCOCC1=O. The predicted molar refractivity (Wildman–Crippen MR) is 139 cm³/mol. The topological polar surface area (TPSA) is 91.0 Å². The maximum absolute atomic E-state index is 13.1. The Bertz CT molecular complexity index is 1030. The van der Waals surface area contributed by atoms with Gasteiger partial charge in [0.2, 0.25) is 5.91 Å². The van der Waals surface area contributed by atoms with Crippen LogP contribution in [0.2, 0.25) is 0 Å². The quantitative estimate of drug-likeness (QED) is 0.440. The zero-order valence-corrected chi connectivity index (χ0v) is 22.1. The lowest BCUT2D eigenvalue weighted by molar-refractivity contribution is -0.125. The molecular formula is C24H31BrN4O4S. The van der Waals surface area contributed by atoms with Gasteiger partial charge < -0.3 is 25.2 Å². The summed E-state index contributed by atoms with van der Waals surface area (Å²) in [6, 6.07) is 8.36. The summed E-state index contributed by atoms with van der Waals surface area (Å²) < 4.78 is 6.07. The van der Waals surface area contributed by atoms with Crippen molar-refractivity contribution in [3.8, 4) is 0 Å². The van der Waals surface area contributed by atoms with Crippen molar-refractivity contribution in [3.05, 3.63) is 44.6 Å². The number of carbonyl (C=O) groups excluding carboxylic acids is 3. The zero-order chi connectivity index (χ0) is 24.7. The van der Waals surface area contributed by atoms with Gasteiger partial charge in [-0.15, -0.1) is 11.3 Å². The number of halogens is 1. The van der Waals surface area contributed by atoms with Gasteiger partial charge in [-0.3, -0.25) is 14.4 Å². The van der Waals surface area contributed by atoms with Crippen LogP contribution < -0.4 is 15.5 Å². The summed E-state index contributed by atoms with van der Waals surface area (Å²) in [5.74, 6) is -0.601. The number of hydrogen-bond acceptors (Lipinski definition) is 6. The number of nitrogens with zero attached hydrogens (tertiary/aromatic N) is 2. The molecule has 0 saturated carbocycles. The Labute approximate surface area is 212 Å². The molecule has 184 valence electrons. The molecular weight excluding hydrogens is 520 g/mol. The van der Waals surface area contributed by atoms with Crippen LogP contribution in [-0.2, 0) is 14.3 Å². The zero-order valence-electron chi connectivity index (χ0n) is 19.7. The molecule has 34 heavy (non-hydrogen) atoms. The number of anilines is 2. The standard InChI is InChI=1S/C24H31BrN4O4S/c1-16-14-17(7-8-19(16)29-12-13-33-15-22(29)30)26-23(31)18(6-4-5-11-28(2)3)27-24(32)20-9-10-21(25)34-20/h7-10,14,18H,4-6,11-13,15H2,1-3H3,(H,26,31)(H,27,32). The molecule has 1 aromatic carbocycles. The highest BCUT2D eigenvalue weighted by atomic mass is 79.9. The number of carbonyl (C=O) groups is 3. The van der Waals surface area contributed by atoms with Gasteiger partial charge in [-0.05, 0) is 98.7 Å². The highest BCUT2D eigenvalue weighted by molar-refractivity contribution is 9.11. The Morgan fingerprint density at radius 2 is 2.03 bits per heavy atom. The average molecular weight is 552 g/mol. The summed E-state index contributed by atoms with van der Waals surface area (Å²) in [7, 11) is 4.02. The first-order valence-electron chi connectivity index (χ1n) is 11.2. The molecule has 1 unspecified atom stereocenters. The van der Waals surface area contributed by atoms with Crippen molar-refractivity contribution in [1.82, 2.24) is 10.2 Å². The van der Waals surface area contributed by atoms with Crippen molar-refractivity contribution in [2.24, 2.45) is 0 Å². The van der Waals surface area contributed by atoms with Crippen LogP contribution in [0.15, 0.2) is 34.1 Å². The van der Waals surface area contributed by atoms with E-state index in [1.807, 2.05) is 39.2 Å². The molecule has 1 aliphatic rings. The molecule has 2 aromatic rings. The lowest BCUT2D eigenvalue weighted by atomic mass is 10.1. The lowest BCUT2D eigenvalue weighted by Crippen LogP contribution is -2.43. The number of morpholine rings is 1. The molecule has 0 radical (unpaired) electrons. The summed E-state index contributed by atoms with van der Waals surface area (Å²) >= 11 is 4.70. The second-order valence-corrected chi connectivity index (χ2v) is 11.0. The van der Waals surface area contributed by atoms with E-state index in [-0.39, 0.29) is 24.3 Å². The molecule has 3 rings (SSSR count). The van der Waals surface area contributed by atoms with Crippen LogP contribution in [0, 0.1) is 6.92 Å². The summed E-state index contributed by atoms with van der Waals surface area (Å²) in [5, 5.41) is 5.83. The van der Waals surface area contributed by atoms with Crippen molar-refractivity contribution < 1.29 is 19.1 Å². The van der Waals surface area contributed by atoms with Crippen molar-refractivity contribution in [2.45, 2.75) is 32.2 Å². The van der Waals surface area contributed by atoms with Crippen LogP contribution in [0.25, 0.3) is 0 Å². The first-order chi connectivity index (χ1) is 16.2. The van der Waals surface area contributed by atoms with Crippen LogP contribution in [0.3, 0.4) is 0 Å². The van der Waals surface area contributed by atoms with E-state index >= 15 is 0 Å². The van der Waals surface area contributed by atoms with Crippen molar-refractivity contribution in [1.29, 1.82) is 0 Å².